The molecule has 7 rings (SSSR count). The van der Waals surface area contributed by atoms with Crippen LogP contribution in [0.4, 0.5) is 0 Å². The van der Waals surface area contributed by atoms with E-state index in [2.05, 4.69) is 43.2 Å². The average Bonchev–Trinajstić information content (AvgIpc) is 3.44. The summed E-state index contributed by atoms with van der Waals surface area (Å²) in [6.45, 7) is 9.83. The lowest BCUT2D eigenvalue weighted by atomic mass is 9.47. The van der Waals surface area contributed by atoms with Crippen LogP contribution in [0, 0.1) is 46.3 Å². The number of fused-ring (bicyclic) bond motifs is 7. The molecule has 0 radical (unpaired) electrons. The van der Waals surface area contributed by atoms with Crippen molar-refractivity contribution in [3.8, 4) is 0 Å². The Balaban J connectivity index is 0.000000208. The molecule has 0 aromatic heterocycles. The van der Waals surface area contributed by atoms with Crippen LogP contribution in [0.1, 0.15) is 85.5 Å². The van der Waals surface area contributed by atoms with Gasteiger partial charge in [-0.25, -0.2) is 0 Å². The molecule has 10 heteroatoms. The van der Waals surface area contributed by atoms with E-state index in [1.54, 1.807) is 5.57 Å². The summed E-state index contributed by atoms with van der Waals surface area (Å²) in [4.78, 5) is 0. The topological polar surface area (TPSA) is 158 Å². The van der Waals surface area contributed by atoms with Gasteiger partial charge in [-0.2, -0.15) is 0 Å². The van der Waals surface area contributed by atoms with Gasteiger partial charge >= 0.3 is 0 Å². The molecule has 6 fully saturated rings. The molecule has 3 aliphatic heterocycles. The fraction of sp³-hybridized carbons (Fsp3) is 0.941. The Hall–Kier alpha value is -0.660. The first-order valence-electron chi connectivity index (χ1n) is 17.0. The van der Waals surface area contributed by atoms with Crippen LogP contribution in [-0.2, 0) is 18.9 Å². The van der Waals surface area contributed by atoms with Crippen molar-refractivity contribution in [2.45, 2.75) is 134 Å². The number of aliphatic hydroxyl groups is 6. The Morgan fingerprint density at radius 1 is 0.977 bits per heavy atom. The Bertz CT molecular complexity index is 1080. The predicted octanol–water partition coefficient (Wildman–Crippen LogP) is 2.47. The Kier molecular flexibility index (Phi) is 8.91. The van der Waals surface area contributed by atoms with Gasteiger partial charge in [-0.1, -0.05) is 39.3 Å². The van der Waals surface area contributed by atoms with Crippen LogP contribution in [0.25, 0.3) is 0 Å². The van der Waals surface area contributed by atoms with Crippen molar-refractivity contribution in [3.05, 3.63) is 11.6 Å². The molecule has 0 bridgehead atoms. The zero-order valence-electron chi connectivity index (χ0n) is 27.1. The lowest BCUT2D eigenvalue weighted by Gasteiger charge is -2.58. The maximum atomic E-state index is 10.3. The van der Waals surface area contributed by atoms with Crippen molar-refractivity contribution >= 4 is 0 Å². The molecular formula is C34H56O10. The van der Waals surface area contributed by atoms with E-state index in [0.717, 1.165) is 43.6 Å². The Labute approximate surface area is 261 Å². The van der Waals surface area contributed by atoms with Crippen molar-refractivity contribution in [2.75, 3.05) is 20.3 Å². The number of allylic oxidation sites excluding steroid dienone is 1. The smallest absolute Gasteiger partial charge is 0.221 e. The largest absolute Gasteiger partial charge is 0.393 e. The van der Waals surface area contributed by atoms with Gasteiger partial charge in [0.2, 0.25) is 5.79 Å². The summed E-state index contributed by atoms with van der Waals surface area (Å²) in [6, 6.07) is 0. The first-order chi connectivity index (χ1) is 20.7. The zero-order chi connectivity index (χ0) is 31.8. The molecule has 252 valence electrons. The van der Waals surface area contributed by atoms with Gasteiger partial charge in [-0.15, -0.1) is 0 Å². The van der Waals surface area contributed by atoms with E-state index in [-0.39, 0.29) is 11.9 Å². The molecule has 0 aromatic rings. The van der Waals surface area contributed by atoms with Gasteiger partial charge in [0.25, 0.3) is 0 Å². The van der Waals surface area contributed by atoms with Crippen molar-refractivity contribution < 1.29 is 49.6 Å². The molecule has 0 amide bonds. The number of hydrogen-bond donors (Lipinski definition) is 6. The van der Waals surface area contributed by atoms with E-state index in [4.69, 9.17) is 14.6 Å². The van der Waals surface area contributed by atoms with Gasteiger partial charge in [0, 0.05) is 19.4 Å². The number of hydrogen-bond acceptors (Lipinski definition) is 10. The Morgan fingerprint density at radius 2 is 1.73 bits per heavy atom. The summed E-state index contributed by atoms with van der Waals surface area (Å²) in [5, 5.41) is 56.3. The second-order valence-electron chi connectivity index (χ2n) is 15.8. The molecular weight excluding hydrogens is 568 g/mol. The second-order valence-corrected chi connectivity index (χ2v) is 15.8. The van der Waals surface area contributed by atoms with E-state index in [9.17, 15) is 25.5 Å². The molecule has 16 atom stereocenters. The van der Waals surface area contributed by atoms with E-state index in [1.807, 2.05) is 0 Å². The first-order valence-corrected chi connectivity index (χ1v) is 17.0. The third-order valence-corrected chi connectivity index (χ3v) is 13.6. The minimum absolute atomic E-state index is 0.107. The van der Waals surface area contributed by atoms with Gasteiger partial charge in [-0.05, 0) is 91.8 Å². The molecule has 6 N–H and O–H groups in total. The number of rotatable bonds is 2. The average molecular weight is 625 g/mol. The van der Waals surface area contributed by atoms with Gasteiger partial charge < -0.3 is 49.6 Å². The predicted molar refractivity (Wildman–Crippen MR) is 160 cm³/mol. The summed E-state index contributed by atoms with van der Waals surface area (Å²) in [5.74, 6) is 1.57. The van der Waals surface area contributed by atoms with Gasteiger partial charge in [0.05, 0.1) is 25.4 Å². The first kappa shape index (κ1) is 33.2. The normalized spacial score (nSPS) is 56.5. The van der Waals surface area contributed by atoms with Gasteiger partial charge in [0.15, 0.2) is 12.1 Å². The van der Waals surface area contributed by atoms with Crippen LogP contribution in [-0.4, -0.2) is 99.3 Å². The molecule has 3 heterocycles. The lowest BCUT2D eigenvalue weighted by molar-refractivity contribution is -0.392. The number of aliphatic hydroxyl groups excluding tert-OH is 5. The molecule has 44 heavy (non-hydrogen) atoms. The lowest BCUT2D eigenvalue weighted by Crippen LogP contribution is -2.66. The van der Waals surface area contributed by atoms with Crippen LogP contribution in [0.15, 0.2) is 11.6 Å². The van der Waals surface area contributed by atoms with Crippen molar-refractivity contribution in [2.24, 2.45) is 46.3 Å². The highest BCUT2D eigenvalue weighted by atomic mass is 16.7. The molecule has 2 unspecified atom stereocenters. The van der Waals surface area contributed by atoms with Crippen LogP contribution in [0.2, 0.25) is 0 Å². The number of methoxy groups -OCH3 is 1. The van der Waals surface area contributed by atoms with Gasteiger partial charge in [-0.3, -0.25) is 0 Å². The highest BCUT2D eigenvalue weighted by molar-refractivity contribution is 5.26. The maximum absolute atomic E-state index is 10.3. The monoisotopic (exact) mass is 624 g/mol. The van der Waals surface area contributed by atoms with E-state index >= 15 is 0 Å². The highest BCUT2D eigenvalue weighted by Gasteiger charge is 2.68. The molecule has 3 saturated carbocycles. The summed E-state index contributed by atoms with van der Waals surface area (Å²) < 4.78 is 22.5. The molecule has 4 aliphatic carbocycles. The minimum Gasteiger partial charge on any atom is -0.393 e. The third kappa shape index (κ3) is 5.06. The summed E-state index contributed by atoms with van der Waals surface area (Å²) in [7, 11) is 1.20. The Morgan fingerprint density at radius 3 is 2.39 bits per heavy atom. The molecule has 3 saturated heterocycles. The SMILES string of the molecule is CO[C@H]1C(O)OC(O)(CO)[C@H](O)[C@@H]1O.C[C@@H]1CC[C@@]2(OC1)O[C@H]1C[C@H]3[C@@H]4CC=C5C[C@@H](O)CC[C@]5(C)[C@H]4CC[C@]3(C)[C@H]1[C@@H]2C. The molecule has 10 nitrogen and oxygen atoms in total. The number of ether oxygens (including phenoxy) is 4. The zero-order valence-corrected chi connectivity index (χ0v) is 27.1. The highest BCUT2D eigenvalue weighted by Crippen LogP contribution is 2.70. The fourth-order valence-corrected chi connectivity index (χ4v) is 11.0. The standard InChI is InChI=1S/C27H42O3.C7H14O7/c1-16-7-12-27(29-15-16)17(2)24-23(30-27)14-22-20-6-5-18-13-19(28)8-10-25(18,3)21(20)9-11-26(22,24)4;1-13-4-3(9)5(10)7(12,2-8)14-6(4)11/h5,16-17,19-24,28H,6-15H2,1-4H3;3-6,8-12H,2H2,1H3/t16-,17+,19+,20-,21+,22+,23+,24+,25+,26+,27-;3-,4-,5-,6?,7?/m11/s1. The second kappa shape index (κ2) is 11.8. The summed E-state index contributed by atoms with van der Waals surface area (Å²) in [5.41, 5.74) is 2.31. The van der Waals surface area contributed by atoms with Crippen molar-refractivity contribution in [3.63, 3.8) is 0 Å². The van der Waals surface area contributed by atoms with Gasteiger partial charge in [0.1, 0.15) is 18.3 Å². The maximum Gasteiger partial charge on any atom is 0.221 e. The quantitative estimate of drug-likeness (QED) is 0.252. The summed E-state index contributed by atoms with van der Waals surface area (Å²) >= 11 is 0. The fourth-order valence-electron chi connectivity index (χ4n) is 11.0. The van der Waals surface area contributed by atoms with E-state index < -0.39 is 37.0 Å². The van der Waals surface area contributed by atoms with E-state index in [0.29, 0.717) is 34.7 Å². The van der Waals surface area contributed by atoms with E-state index in [1.165, 1.54) is 45.6 Å². The molecule has 1 spiro atoms. The third-order valence-electron chi connectivity index (χ3n) is 13.6. The van der Waals surface area contributed by atoms with Crippen LogP contribution >= 0.6 is 0 Å². The minimum atomic E-state index is -2.37. The molecule has 0 aromatic carbocycles. The van der Waals surface area contributed by atoms with Crippen molar-refractivity contribution in [1.29, 1.82) is 0 Å². The van der Waals surface area contributed by atoms with Crippen LogP contribution in [0.3, 0.4) is 0 Å². The van der Waals surface area contributed by atoms with Crippen molar-refractivity contribution in [1.82, 2.24) is 0 Å². The van der Waals surface area contributed by atoms with Crippen LogP contribution < -0.4 is 0 Å². The van der Waals surface area contributed by atoms with Crippen LogP contribution in [0.5, 0.6) is 0 Å². The molecule has 7 aliphatic rings. The summed E-state index contributed by atoms with van der Waals surface area (Å²) in [6.07, 6.45) is 7.38.